The third-order valence-corrected chi connectivity index (χ3v) is 1.20. The predicted octanol–water partition coefficient (Wildman–Crippen LogP) is -0.526. The lowest BCUT2D eigenvalue weighted by Crippen LogP contribution is -2.04. The summed E-state index contributed by atoms with van der Waals surface area (Å²) in [5, 5.41) is 16.1. The summed E-state index contributed by atoms with van der Waals surface area (Å²) >= 11 is 0. The lowest BCUT2D eigenvalue weighted by atomic mass is 10.3. The summed E-state index contributed by atoms with van der Waals surface area (Å²) in [4.78, 5) is 19.1. The van der Waals surface area contributed by atoms with Crippen LogP contribution in [0.3, 0.4) is 0 Å². The molecule has 0 unspecified atom stereocenters. The number of hydrogen-bond donors (Lipinski definition) is 2. The number of aldehydes is 2. The van der Waals surface area contributed by atoms with Crippen molar-refractivity contribution in [2.75, 3.05) is 26.8 Å². The zero-order valence-electron chi connectivity index (χ0n) is 8.63. The maximum absolute atomic E-state index is 9.56. The van der Waals surface area contributed by atoms with Crippen molar-refractivity contribution >= 4 is 12.6 Å². The van der Waals surface area contributed by atoms with Crippen molar-refractivity contribution in [3.63, 3.8) is 0 Å². The Bertz CT molecular complexity index is 114. The molecule has 0 fully saturated rings. The molecule has 0 heterocycles. The molecule has 0 bridgehead atoms. The van der Waals surface area contributed by atoms with Crippen LogP contribution in [0.25, 0.3) is 0 Å². The van der Waals surface area contributed by atoms with Gasteiger partial charge in [-0.05, 0) is 6.42 Å². The minimum atomic E-state index is -0.297. The molecule has 15 heavy (non-hydrogen) atoms. The number of ether oxygens (including phenoxy) is 2. The first-order valence-corrected chi connectivity index (χ1v) is 4.58. The quantitative estimate of drug-likeness (QED) is 0.309. The second kappa shape index (κ2) is 18.9. The predicted molar refractivity (Wildman–Crippen MR) is 52.1 cm³/mol. The summed E-state index contributed by atoms with van der Waals surface area (Å²) in [6, 6.07) is 0. The van der Waals surface area contributed by atoms with E-state index in [0.717, 1.165) is 12.6 Å². The molecule has 2 N–H and O–H groups in total. The fraction of sp³-hybridized carbons (Fsp3) is 0.778. The highest BCUT2D eigenvalue weighted by Crippen LogP contribution is 1.85. The van der Waals surface area contributed by atoms with Crippen LogP contribution in [0, 0.1) is 0 Å². The Labute approximate surface area is 88.8 Å². The Kier molecular flexibility index (Phi) is 20.9. The van der Waals surface area contributed by atoms with Crippen LogP contribution in [0.1, 0.15) is 19.3 Å². The lowest BCUT2D eigenvalue weighted by molar-refractivity contribution is -0.108. The monoisotopic (exact) mass is 222 g/mol. The van der Waals surface area contributed by atoms with Crippen molar-refractivity contribution < 1.29 is 29.3 Å². The summed E-state index contributed by atoms with van der Waals surface area (Å²) in [6.45, 7) is 0.0394. The maximum Gasteiger partial charge on any atom is 0.143 e. The van der Waals surface area contributed by atoms with Gasteiger partial charge in [0.1, 0.15) is 26.2 Å². The Balaban J connectivity index is 0. The first kappa shape index (κ1) is 16.6. The van der Waals surface area contributed by atoms with Gasteiger partial charge in [-0.25, -0.2) is 0 Å². The van der Waals surface area contributed by atoms with Gasteiger partial charge < -0.3 is 29.3 Å². The molecule has 0 rings (SSSR count). The number of rotatable bonds is 9. The summed E-state index contributed by atoms with van der Waals surface area (Å²) < 4.78 is 8.91. The molecule has 0 aromatic heterocycles. The number of hydrogen-bond acceptors (Lipinski definition) is 6. The fourth-order valence-corrected chi connectivity index (χ4v) is 0.531. The van der Waals surface area contributed by atoms with Crippen LogP contribution in [-0.2, 0) is 19.1 Å². The van der Waals surface area contributed by atoms with E-state index in [2.05, 4.69) is 9.47 Å². The van der Waals surface area contributed by atoms with Gasteiger partial charge in [-0.15, -0.1) is 0 Å². The molecule has 0 aliphatic carbocycles. The Morgan fingerprint density at radius 2 is 1.27 bits per heavy atom. The first-order valence-electron chi connectivity index (χ1n) is 4.58. The van der Waals surface area contributed by atoms with Crippen LogP contribution in [0.15, 0.2) is 0 Å². The van der Waals surface area contributed by atoms with E-state index in [0.29, 0.717) is 32.5 Å². The van der Waals surface area contributed by atoms with Gasteiger partial charge in [0, 0.05) is 12.8 Å². The van der Waals surface area contributed by atoms with E-state index < -0.39 is 0 Å². The SMILES string of the molecule is O=CCCCC=O.OCOCCOCO. The minimum absolute atomic E-state index is 0.297. The van der Waals surface area contributed by atoms with Gasteiger partial charge in [0.05, 0.1) is 13.2 Å². The highest BCUT2D eigenvalue weighted by atomic mass is 16.6. The summed E-state index contributed by atoms with van der Waals surface area (Å²) in [7, 11) is 0. The molecule has 0 saturated carbocycles. The van der Waals surface area contributed by atoms with Gasteiger partial charge in [-0.3, -0.25) is 0 Å². The van der Waals surface area contributed by atoms with Crippen molar-refractivity contribution in [3.8, 4) is 0 Å². The molecule has 0 aromatic rings. The van der Waals surface area contributed by atoms with Crippen LogP contribution >= 0.6 is 0 Å². The van der Waals surface area contributed by atoms with E-state index in [1.54, 1.807) is 0 Å². The second-order valence-corrected chi connectivity index (χ2v) is 2.34. The first-order chi connectivity index (χ1) is 7.33. The number of aliphatic hydroxyl groups is 2. The molecular formula is C9H18O6. The highest BCUT2D eigenvalue weighted by Gasteiger charge is 1.82. The van der Waals surface area contributed by atoms with E-state index in [1.807, 2.05) is 0 Å². The van der Waals surface area contributed by atoms with Gasteiger partial charge in [0.25, 0.3) is 0 Å². The molecule has 0 spiro atoms. The van der Waals surface area contributed by atoms with Crippen molar-refractivity contribution in [1.29, 1.82) is 0 Å². The zero-order valence-corrected chi connectivity index (χ0v) is 8.63. The van der Waals surface area contributed by atoms with E-state index in [1.165, 1.54) is 0 Å². The number of unbranched alkanes of at least 4 members (excludes halogenated alkanes) is 2. The van der Waals surface area contributed by atoms with Gasteiger partial charge in [-0.1, -0.05) is 0 Å². The molecule has 0 aliphatic heterocycles. The van der Waals surface area contributed by atoms with E-state index in [9.17, 15) is 9.59 Å². The molecular weight excluding hydrogens is 204 g/mol. The Morgan fingerprint density at radius 1 is 0.867 bits per heavy atom. The van der Waals surface area contributed by atoms with Crippen molar-refractivity contribution in [3.05, 3.63) is 0 Å². The van der Waals surface area contributed by atoms with Crippen LogP contribution < -0.4 is 0 Å². The van der Waals surface area contributed by atoms with Crippen LogP contribution in [0.4, 0.5) is 0 Å². The third-order valence-electron chi connectivity index (χ3n) is 1.20. The van der Waals surface area contributed by atoms with Crippen LogP contribution in [0.2, 0.25) is 0 Å². The highest BCUT2D eigenvalue weighted by molar-refractivity contribution is 5.52. The van der Waals surface area contributed by atoms with E-state index in [-0.39, 0.29) is 13.6 Å². The summed E-state index contributed by atoms with van der Waals surface area (Å²) in [6.07, 6.45) is 3.37. The van der Waals surface area contributed by atoms with Crippen LogP contribution in [0.5, 0.6) is 0 Å². The lowest BCUT2D eigenvalue weighted by Gasteiger charge is -1.97. The summed E-state index contributed by atoms with van der Waals surface area (Å²) in [5.41, 5.74) is 0. The van der Waals surface area contributed by atoms with Gasteiger partial charge in [0.15, 0.2) is 0 Å². The molecule has 6 nitrogen and oxygen atoms in total. The molecule has 0 aromatic carbocycles. The molecule has 0 amide bonds. The number of carbonyl (C=O) groups excluding carboxylic acids is 2. The molecule has 0 saturated heterocycles. The summed E-state index contributed by atoms with van der Waals surface area (Å²) in [5.74, 6) is 0. The fourth-order valence-electron chi connectivity index (χ4n) is 0.531. The number of aliphatic hydroxyl groups excluding tert-OH is 2. The smallest absolute Gasteiger partial charge is 0.143 e. The number of carbonyl (C=O) groups is 2. The van der Waals surface area contributed by atoms with Gasteiger partial charge in [-0.2, -0.15) is 0 Å². The van der Waals surface area contributed by atoms with Crippen molar-refractivity contribution in [1.82, 2.24) is 0 Å². The topological polar surface area (TPSA) is 93.1 Å². The average Bonchev–Trinajstić information content (AvgIpc) is 2.26. The zero-order chi connectivity index (χ0) is 11.8. The normalized spacial score (nSPS) is 8.93. The van der Waals surface area contributed by atoms with Crippen molar-refractivity contribution in [2.24, 2.45) is 0 Å². The minimum Gasteiger partial charge on any atom is -0.371 e. The molecule has 6 heteroatoms. The third kappa shape index (κ3) is 24.6. The molecule has 0 radical (unpaired) electrons. The largest absolute Gasteiger partial charge is 0.371 e. The molecule has 0 atom stereocenters. The average molecular weight is 222 g/mol. The molecule has 90 valence electrons. The second-order valence-electron chi connectivity index (χ2n) is 2.34. The molecule has 0 aliphatic rings. The van der Waals surface area contributed by atoms with Gasteiger partial charge in [0.2, 0.25) is 0 Å². The van der Waals surface area contributed by atoms with Crippen LogP contribution in [-0.4, -0.2) is 49.6 Å². The van der Waals surface area contributed by atoms with E-state index >= 15 is 0 Å². The Hall–Kier alpha value is -0.820. The van der Waals surface area contributed by atoms with E-state index in [4.69, 9.17) is 10.2 Å². The standard InChI is InChI=1S/C5H8O2.C4H10O4/c6-4-2-1-3-5-7;5-3-7-1-2-8-4-6/h4-5H,1-3H2;5-6H,1-4H2. The maximum atomic E-state index is 9.56. The van der Waals surface area contributed by atoms with Gasteiger partial charge >= 0.3 is 0 Å². The Morgan fingerprint density at radius 3 is 1.53 bits per heavy atom. The van der Waals surface area contributed by atoms with Crippen molar-refractivity contribution in [2.45, 2.75) is 19.3 Å².